The zero-order chi connectivity index (χ0) is 14.5. The van der Waals surface area contributed by atoms with Crippen LogP contribution in [0, 0.1) is 0 Å². The number of benzene rings is 1. The third kappa shape index (κ3) is 5.01. The summed E-state index contributed by atoms with van der Waals surface area (Å²) in [4.78, 5) is 10.9. The van der Waals surface area contributed by atoms with Crippen molar-refractivity contribution in [2.24, 2.45) is 0 Å². The van der Waals surface area contributed by atoms with Gasteiger partial charge in [-0.3, -0.25) is 4.79 Å². The van der Waals surface area contributed by atoms with Crippen LogP contribution in [0.15, 0.2) is 12.1 Å². The first-order valence-corrected chi connectivity index (χ1v) is 8.24. The number of ether oxygens (including phenoxy) is 1. The van der Waals surface area contributed by atoms with Crippen molar-refractivity contribution in [1.29, 1.82) is 0 Å². The van der Waals surface area contributed by atoms with E-state index in [2.05, 4.69) is 0 Å². The van der Waals surface area contributed by atoms with Gasteiger partial charge in [0.15, 0.2) is 6.29 Å². The van der Waals surface area contributed by atoms with Crippen LogP contribution in [-0.2, 0) is 9.84 Å². The van der Waals surface area contributed by atoms with Crippen molar-refractivity contribution < 1.29 is 17.9 Å². The van der Waals surface area contributed by atoms with Gasteiger partial charge in [0.2, 0.25) is 0 Å². The summed E-state index contributed by atoms with van der Waals surface area (Å²) in [5.41, 5.74) is 0.246. The van der Waals surface area contributed by atoms with Crippen LogP contribution in [0.5, 0.6) is 5.75 Å². The highest BCUT2D eigenvalue weighted by Crippen LogP contribution is 2.31. The molecule has 0 amide bonds. The van der Waals surface area contributed by atoms with Gasteiger partial charge in [-0.15, -0.1) is 0 Å². The molecule has 4 nitrogen and oxygen atoms in total. The molecule has 0 unspecified atom stereocenters. The fourth-order valence-corrected chi connectivity index (χ4v) is 2.83. The minimum Gasteiger partial charge on any atom is -0.491 e. The zero-order valence-electron chi connectivity index (χ0n) is 10.4. The fourth-order valence-electron chi connectivity index (χ4n) is 1.42. The molecule has 0 spiro atoms. The second-order valence-corrected chi connectivity index (χ2v) is 7.18. The highest BCUT2D eigenvalue weighted by atomic mass is 35.5. The summed E-state index contributed by atoms with van der Waals surface area (Å²) in [5.74, 6) is 0.384. The molecule has 0 aliphatic carbocycles. The lowest BCUT2D eigenvalue weighted by Crippen LogP contribution is -2.12. The Kier molecular flexibility index (Phi) is 6.10. The molecule has 0 atom stereocenters. The predicted octanol–water partition coefficient (Wildman–Crippen LogP) is 3.01. The van der Waals surface area contributed by atoms with Crippen LogP contribution in [0.2, 0.25) is 10.0 Å². The normalized spacial score (nSPS) is 11.3. The van der Waals surface area contributed by atoms with Crippen LogP contribution in [0.25, 0.3) is 0 Å². The number of hydrogen-bond acceptors (Lipinski definition) is 4. The molecule has 0 N–H and O–H groups in total. The van der Waals surface area contributed by atoms with Gasteiger partial charge < -0.3 is 4.74 Å². The van der Waals surface area contributed by atoms with E-state index in [1.165, 1.54) is 12.1 Å². The van der Waals surface area contributed by atoms with Gasteiger partial charge >= 0.3 is 0 Å². The molecular weight excluding hydrogens is 311 g/mol. The molecule has 0 bridgehead atoms. The summed E-state index contributed by atoms with van der Waals surface area (Å²) in [6, 6.07) is 2.91. The Morgan fingerprint density at radius 1 is 1.32 bits per heavy atom. The number of hydrogen-bond donors (Lipinski definition) is 0. The lowest BCUT2D eigenvalue weighted by atomic mass is 10.2. The van der Waals surface area contributed by atoms with Crippen LogP contribution in [0.3, 0.4) is 0 Å². The number of sulfone groups is 1. The number of halogens is 2. The first-order chi connectivity index (χ1) is 8.89. The minimum atomic E-state index is -3.01. The molecule has 1 rings (SSSR count). The summed E-state index contributed by atoms with van der Waals surface area (Å²) >= 11 is 11.7. The van der Waals surface area contributed by atoms with Crippen molar-refractivity contribution in [2.45, 2.75) is 13.3 Å². The van der Waals surface area contributed by atoms with E-state index in [0.717, 1.165) is 0 Å². The molecular formula is C12H14Cl2O4S. The van der Waals surface area contributed by atoms with Crippen molar-refractivity contribution in [2.75, 3.05) is 18.1 Å². The summed E-state index contributed by atoms with van der Waals surface area (Å²) < 4.78 is 27.9. The van der Waals surface area contributed by atoms with E-state index < -0.39 is 9.84 Å². The Hall–Kier alpha value is -0.780. The van der Waals surface area contributed by atoms with Crippen molar-refractivity contribution in [3.63, 3.8) is 0 Å². The van der Waals surface area contributed by atoms with E-state index in [1.807, 2.05) is 0 Å². The number of carbonyl (C=O) groups is 1. The first kappa shape index (κ1) is 16.3. The Bertz CT molecular complexity index is 555. The summed E-state index contributed by atoms with van der Waals surface area (Å²) in [6.07, 6.45) is 0.934. The fraction of sp³-hybridized carbons (Fsp3) is 0.417. The number of carbonyl (C=O) groups excluding carboxylic acids is 1. The standard InChI is InChI=1S/C12H14Cl2O4S/c1-2-19(16,17)5-3-4-18-12-9(8-15)6-10(13)7-11(12)14/h6-8H,2-5H2,1H3. The van der Waals surface area contributed by atoms with Crippen LogP contribution >= 0.6 is 23.2 Å². The number of aldehydes is 1. The third-order valence-corrected chi connectivity index (χ3v) is 4.74. The maximum atomic E-state index is 11.3. The monoisotopic (exact) mass is 324 g/mol. The van der Waals surface area contributed by atoms with Gasteiger partial charge in [-0.2, -0.15) is 0 Å². The maximum Gasteiger partial charge on any atom is 0.153 e. The second-order valence-electron chi connectivity index (χ2n) is 3.86. The van der Waals surface area contributed by atoms with Gasteiger partial charge in [0.25, 0.3) is 0 Å². The zero-order valence-corrected chi connectivity index (χ0v) is 12.7. The van der Waals surface area contributed by atoms with E-state index in [1.54, 1.807) is 6.92 Å². The van der Waals surface area contributed by atoms with E-state index >= 15 is 0 Å². The Labute approximate surface area is 122 Å². The largest absolute Gasteiger partial charge is 0.491 e. The lowest BCUT2D eigenvalue weighted by molar-refractivity contribution is 0.111. The van der Waals surface area contributed by atoms with E-state index in [9.17, 15) is 13.2 Å². The van der Waals surface area contributed by atoms with Gasteiger partial charge in [-0.25, -0.2) is 8.42 Å². The smallest absolute Gasteiger partial charge is 0.153 e. The molecule has 19 heavy (non-hydrogen) atoms. The molecule has 1 aromatic carbocycles. The van der Waals surface area contributed by atoms with Gasteiger partial charge in [0.1, 0.15) is 15.6 Å². The molecule has 0 aliphatic rings. The highest BCUT2D eigenvalue weighted by molar-refractivity contribution is 7.91. The summed E-state index contributed by atoms with van der Waals surface area (Å²) in [5, 5.41) is 0.570. The first-order valence-electron chi connectivity index (χ1n) is 5.67. The van der Waals surface area contributed by atoms with E-state index in [0.29, 0.717) is 17.7 Å². The van der Waals surface area contributed by atoms with Crippen LogP contribution in [0.1, 0.15) is 23.7 Å². The predicted molar refractivity (Wildman–Crippen MR) is 76.3 cm³/mol. The third-order valence-electron chi connectivity index (χ3n) is 2.45. The molecule has 1 aromatic rings. The highest BCUT2D eigenvalue weighted by Gasteiger charge is 2.11. The molecule has 0 heterocycles. The average Bonchev–Trinajstić information content (AvgIpc) is 2.35. The van der Waals surface area contributed by atoms with E-state index in [-0.39, 0.29) is 34.4 Å². The Morgan fingerprint density at radius 3 is 2.58 bits per heavy atom. The molecule has 0 aromatic heterocycles. The average molecular weight is 325 g/mol. The van der Waals surface area contributed by atoms with Crippen molar-refractivity contribution in [1.82, 2.24) is 0 Å². The maximum absolute atomic E-state index is 11.3. The van der Waals surface area contributed by atoms with Crippen molar-refractivity contribution in [3.05, 3.63) is 27.7 Å². The topological polar surface area (TPSA) is 60.4 Å². The van der Waals surface area contributed by atoms with Gasteiger partial charge in [-0.1, -0.05) is 30.1 Å². The Balaban J connectivity index is 2.66. The second kappa shape index (κ2) is 7.12. The van der Waals surface area contributed by atoms with Gasteiger partial charge in [0, 0.05) is 10.8 Å². The minimum absolute atomic E-state index is 0.0468. The lowest BCUT2D eigenvalue weighted by Gasteiger charge is -2.10. The molecule has 0 radical (unpaired) electrons. The van der Waals surface area contributed by atoms with Crippen LogP contribution in [0.4, 0.5) is 0 Å². The van der Waals surface area contributed by atoms with E-state index in [4.69, 9.17) is 27.9 Å². The SMILES string of the molecule is CCS(=O)(=O)CCCOc1c(Cl)cc(Cl)cc1C=O. The molecule has 7 heteroatoms. The quantitative estimate of drug-likeness (QED) is 0.571. The Morgan fingerprint density at radius 2 is 2.00 bits per heavy atom. The number of rotatable bonds is 7. The molecule has 0 saturated carbocycles. The summed E-state index contributed by atoms with van der Waals surface area (Å²) in [7, 11) is -3.01. The molecule has 0 fully saturated rings. The molecule has 106 valence electrons. The van der Waals surface area contributed by atoms with Crippen molar-refractivity contribution >= 4 is 39.3 Å². The summed E-state index contributed by atoms with van der Waals surface area (Å²) in [6.45, 7) is 1.76. The molecule has 0 aliphatic heterocycles. The van der Waals surface area contributed by atoms with Crippen molar-refractivity contribution in [3.8, 4) is 5.75 Å². The van der Waals surface area contributed by atoms with Gasteiger partial charge in [0.05, 0.1) is 22.9 Å². The van der Waals surface area contributed by atoms with Gasteiger partial charge in [-0.05, 0) is 18.6 Å². The van der Waals surface area contributed by atoms with Crippen LogP contribution < -0.4 is 4.74 Å². The van der Waals surface area contributed by atoms with Crippen LogP contribution in [-0.4, -0.2) is 32.8 Å². The molecule has 0 saturated heterocycles.